The van der Waals surface area contributed by atoms with E-state index in [1.54, 1.807) is 0 Å². The van der Waals surface area contributed by atoms with Gasteiger partial charge in [0.25, 0.3) is 0 Å². The van der Waals surface area contributed by atoms with Crippen LogP contribution < -0.4 is 0 Å². The molecule has 0 N–H and O–H groups in total. The first kappa shape index (κ1) is 14.9. The van der Waals surface area contributed by atoms with Gasteiger partial charge in [-0.2, -0.15) is 12.6 Å². The third-order valence-electron chi connectivity index (χ3n) is 3.07. The van der Waals surface area contributed by atoms with E-state index in [4.69, 9.17) is 0 Å². The Labute approximate surface area is 107 Å². The Bertz CT molecular complexity index is 105. The molecule has 0 unspecified atom stereocenters. The van der Waals surface area contributed by atoms with E-state index < -0.39 is 0 Å². The Hall–Kier alpha value is 0.947. The van der Waals surface area contributed by atoms with Gasteiger partial charge < -0.3 is 0 Å². The summed E-state index contributed by atoms with van der Waals surface area (Å²) in [5, 5.41) is 0.694. The van der Waals surface area contributed by atoms with Crippen LogP contribution in [0.1, 0.15) is 70.6 Å². The summed E-state index contributed by atoms with van der Waals surface area (Å²) in [6, 6.07) is 0. The summed E-state index contributed by atoms with van der Waals surface area (Å²) in [7, 11) is 0. The van der Waals surface area contributed by atoms with Crippen LogP contribution in [-0.4, -0.2) is 24.1 Å². The van der Waals surface area contributed by atoms with Gasteiger partial charge in [0, 0.05) is 5.25 Å². The Morgan fingerprint density at radius 1 is 0.571 bits per heavy atom. The summed E-state index contributed by atoms with van der Waals surface area (Å²) in [6.45, 7) is 0. The minimum absolute atomic E-state index is 0. The molecule has 80 valence electrons. The van der Waals surface area contributed by atoms with Crippen LogP contribution in [0.15, 0.2) is 0 Å². The Kier molecular flexibility index (Phi) is 11.2. The van der Waals surface area contributed by atoms with Gasteiger partial charge >= 0.3 is 18.9 Å². The zero-order valence-electron chi connectivity index (χ0n) is 8.80. The number of thiol groups is 1. The fourth-order valence-corrected chi connectivity index (χ4v) is 2.51. The first-order valence-electron chi connectivity index (χ1n) is 6.07. The van der Waals surface area contributed by atoms with E-state index in [9.17, 15) is 0 Å². The van der Waals surface area contributed by atoms with Crippen LogP contribution in [0.5, 0.6) is 0 Å². The predicted molar refractivity (Wildman–Crippen MR) is 70.7 cm³/mol. The van der Waals surface area contributed by atoms with E-state index in [1.807, 2.05) is 0 Å². The van der Waals surface area contributed by atoms with Gasteiger partial charge in [0.15, 0.2) is 0 Å². The third kappa shape index (κ3) is 8.27. The fourth-order valence-electron chi connectivity index (χ4n) is 2.14. The summed E-state index contributed by atoms with van der Waals surface area (Å²) >= 11 is 4.62. The zero-order valence-corrected chi connectivity index (χ0v) is 9.70. The molecule has 0 aliphatic heterocycles. The molecule has 1 saturated carbocycles. The zero-order chi connectivity index (χ0) is 9.36. The molecule has 0 aromatic rings. The first-order chi connectivity index (χ1) is 6.39. The molecule has 2 heteroatoms. The number of rotatable bonds is 0. The summed E-state index contributed by atoms with van der Waals surface area (Å²) in [5.41, 5.74) is 0. The van der Waals surface area contributed by atoms with Gasteiger partial charge in [-0.1, -0.05) is 57.8 Å². The predicted octanol–water partition coefficient (Wildman–Crippen LogP) is 3.94. The summed E-state index contributed by atoms with van der Waals surface area (Å²) in [6.07, 6.45) is 15.7. The average Bonchev–Trinajstić information content (AvgIpc) is 2.11. The van der Waals surface area contributed by atoms with Gasteiger partial charge in [0.05, 0.1) is 0 Å². The van der Waals surface area contributed by atoms with Crippen molar-refractivity contribution in [3.8, 4) is 0 Å². The Balaban J connectivity index is 0.00000169. The minimum atomic E-state index is 0. The van der Waals surface area contributed by atoms with Gasteiger partial charge in [-0.25, -0.2) is 0 Å². The van der Waals surface area contributed by atoms with E-state index in [2.05, 4.69) is 12.6 Å². The molecular weight excluding hydrogens is 183 g/mol. The van der Waals surface area contributed by atoms with Crippen LogP contribution in [-0.2, 0) is 0 Å². The SMILES string of the molecule is SC1CCCCCCCCCCC1.[LiH]. The maximum absolute atomic E-state index is 4.62. The molecule has 1 rings (SSSR count). The Morgan fingerprint density at radius 2 is 0.857 bits per heavy atom. The normalized spacial score (nSPS) is 22.9. The molecule has 0 atom stereocenters. The second-order valence-electron chi connectivity index (χ2n) is 4.41. The molecule has 0 heterocycles. The maximum atomic E-state index is 4.62. The van der Waals surface area contributed by atoms with Gasteiger partial charge in [0.2, 0.25) is 0 Å². The molecule has 1 fully saturated rings. The van der Waals surface area contributed by atoms with Crippen molar-refractivity contribution < 1.29 is 0 Å². The van der Waals surface area contributed by atoms with Gasteiger partial charge in [-0.05, 0) is 12.8 Å². The molecule has 0 aromatic heterocycles. The van der Waals surface area contributed by atoms with Crippen molar-refractivity contribution in [2.24, 2.45) is 0 Å². The summed E-state index contributed by atoms with van der Waals surface area (Å²) in [4.78, 5) is 0. The molecule has 0 amide bonds. The summed E-state index contributed by atoms with van der Waals surface area (Å²) < 4.78 is 0. The molecule has 0 bridgehead atoms. The van der Waals surface area contributed by atoms with Crippen molar-refractivity contribution in [3.05, 3.63) is 0 Å². The molecule has 0 saturated heterocycles. The molecular formula is C12H25LiS. The molecule has 1 aliphatic carbocycles. The molecule has 0 aromatic carbocycles. The molecule has 14 heavy (non-hydrogen) atoms. The van der Waals surface area contributed by atoms with Crippen molar-refractivity contribution in [1.82, 2.24) is 0 Å². The second-order valence-corrected chi connectivity index (χ2v) is 5.14. The first-order valence-corrected chi connectivity index (χ1v) is 6.59. The van der Waals surface area contributed by atoms with E-state index in [1.165, 1.54) is 70.6 Å². The van der Waals surface area contributed by atoms with Crippen molar-refractivity contribution in [1.29, 1.82) is 0 Å². The second kappa shape index (κ2) is 10.5. The molecule has 1 aliphatic rings. The quantitative estimate of drug-likeness (QED) is 0.452. The van der Waals surface area contributed by atoms with Crippen LogP contribution in [0.3, 0.4) is 0 Å². The van der Waals surface area contributed by atoms with E-state index in [0.29, 0.717) is 5.25 Å². The standard InChI is InChI=1S/C12H24S.Li.H/c13-12-10-8-6-4-2-1-3-5-7-9-11-12;;/h12-13H,1-11H2;;. The number of hydrogen-bond acceptors (Lipinski definition) is 1. The fraction of sp³-hybridized carbons (Fsp3) is 1.00. The van der Waals surface area contributed by atoms with Crippen molar-refractivity contribution in [2.75, 3.05) is 0 Å². The van der Waals surface area contributed by atoms with E-state index in [0.717, 1.165) is 0 Å². The summed E-state index contributed by atoms with van der Waals surface area (Å²) in [5.74, 6) is 0. The van der Waals surface area contributed by atoms with Crippen LogP contribution in [0, 0.1) is 0 Å². The van der Waals surface area contributed by atoms with Crippen LogP contribution in [0.4, 0.5) is 0 Å². The van der Waals surface area contributed by atoms with Crippen molar-refractivity contribution in [3.63, 3.8) is 0 Å². The Morgan fingerprint density at radius 3 is 1.21 bits per heavy atom. The van der Waals surface area contributed by atoms with Crippen molar-refractivity contribution >= 4 is 31.5 Å². The average molecular weight is 208 g/mol. The van der Waals surface area contributed by atoms with E-state index in [-0.39, 0.29) is 18.9 Å². The van der Waals surface area contributed by atoms with Crippen LogP contribution >= 0.6 is 12.6 Å². The molecule has 0 radical (unpaired) electrons. The monoisotopic (exact) mass is 208 g/mol. The van der Waals surface area contributed by atoms with Gasteiger partial charge in [-0.3, -0.25) is 0 Å². The third-order valence-corrected chi connectivity index (χ3v) is 3.59. The topological polar surface area (TPSA) is 0 Å². The molecule has 0 spiro atoms. The van der Waals surface area contributed by atoms with Gasteiger partial charge in [-0.15, -0.1) is 0 Å². The van der Waals surface area contributed by atoms with Crippen LogP contribution in [0.25, 0.3) is 0 Å². The van der Waals surface area contributed by atoms with Crippen molar-refractivity contribution in [2.45, 2.75) is 75.9 Å². The van der Waals surface area contributed by atoms with Gasteiger partial charge in [0.1, 0.15) is 0 Å². The van der Waals surface area contributed by atoms with Crippen LogP contribution in [0.2, 0.25) is 0 Å². The number of hydrogen-bond donors (Lipinski definition) is 1. The van der Waals surface area contributed by atoms with E-state index >= 15 is 0 Å². The molecule has 0 nitrogen and oxygen atoms in total.